The van der Waals surface area contributed by atoms with Crippen molar-refractivity contribution in [1.29, 1.82) is 0 Å². The van der Waals surface area contributed by atoms with E-state index in [-0.39, 0.29) is 48.7 Å². The molecule has 0 radical (unpaired) electrons. The maximum atomic E-state index is 12.3. The van der Waals surface area contributed by atoms with Crippen LogP contribution in [-0.4, -0.2) is 40.0 Å². The normalized spacial score (nSPS) is 11.1. The van der Waals surface area contributed by atoms with Crippen LogP contribution in [0.3, 0.4) is 0 Å². The molecule has 0 saturated carbocycles. The van der Waals surface area contributed by atoms with Crippen LogP contribution in [0, 0.1) is 6.92 Å². The average Bonchev–Trinajstić information content (AvgIpc) is 2.60. The maximum Gasteiger partial charge on any atom is 0.254 e. The van der Waals surface area contributed by atoms with Gasteiger partial charge in [-0.05, 0) is 38.9 Å². The summed E-state index contributed by atoms with van der Waals surface area (Å²) in [5.74, 6) is 0.420. The Balaban J connectivity index is 0.00000338. The molecule has 0 aliphatic carbocycles. The lowest BCUT2D eigenvalue weighted by atomic mass is 10.1. The van der Waals surface area contributed by atoms with Gasteiger partial charge in [0.05, 0.1) is 0 Å². The summed E-state index contributed by atoms with van der Waals surface area (Å²) < 4.78 is 0. The number of aromatic nitrogens is 3. The minimum Gasteiger partial charge on any atom is -0.355 e. The fourth-order valence-electron chi connectivity index (χ4n) is 2.56. The summed E-state index contributed by atoms with van der Waals surface area (Å²) in [6.07, 6.45) is 3.94. The highest BCUT2D eigenvalue weighted by Crippen LogP contribution is 2.13. The number of rotatable bonds is 8. The lowest BCUT2D eigenvalue weighted by Crippen LogP contribution is -2.39. The number of H-pyrrole nitrogens is 1. The van der Waals surface area contributed by atoms with Crippen LogP contribution in [-0.2, 0) is 11.2 Å². The van der Waals surface area contributed by atoms with Crippen LogP contribution in [0.5, 0.6) is 0 Å². The molecule has 2 aromatic rings. The fraction of sp³-hybridized carbons (Fsp3) is 0.444. The maximum absolute atomic E-state index is 12.3. The zero-order chi connectivity index (χ0) is 18.2. The molecule has 1 atom stereocenters. The van der Waals surface area contributed by atoms with Gasteiger partial charge in [-0.3, -0.25) is 14.6 Å². The first-order valence-corrected chi connectivity index (χ1v) is 8.51. The second kappa shape index (κ2) is 12.4. The monoisotopic (exact) mass is 415 g/mol. The first kappa shape index (κ1) is 25.0. The second-order valence-electron chi connectivity index (χ2n) is 5.98. The molecule has 3 N–H and O–H groups in total. The van der Waals surface area contributed by atoms with Crippen LogP contribution in [0.15, 0.2) is 29.3 Å². The van der Waals surface area contributed by atoms with E-state index in [0.717, 1.165) is 12.1 Å². The number of hydrogen-bond acceptors (Lipinski definition) is 5. The van der Waals surface area contributed by atoms with E-state index in [1.807, 2.05) is 19.9 Å². The van der Waals surface area contributed by atoms with Crippen LogP contribution in [0.1, 0.15) is 31.5 Å². The van der Waals surface area contributed by atoms with Crippen molar-refractivity contribution in [2.45, 2.75) is 39.7 Å². The average molecular weight is 416 g/mol. The Kier molecular flexibility index (Phi) is 11.5. The first-order valence-electron chi connectivity index (χ1n) is 8.51. The number of likely N-dealkylation sites (N-methyl/N-ethyl adjacent to an activating group) is 1. The minimum atomic E-state index is -0.208. The molecule has 0 aliphatic heterocycles. The standard InChI is InChI=1S/C18H25N5O2.2ClH/c1-4-20-12(2)10-21-16(24)8-7-15-13(3)22-17(23-18(15)25)14-6-5-9-19-11-14;;/h5-6,9,11-12,20H,4,7-8,10H2,1-3H3,(H,21,24)(H,22,23,25);2*1H/t12-;;/m1../s1. The summed E-state index contributed by atoms with van der Waals surface area (Å²) in [7, 11) is 0. The lowest BCUT2D eigenvalue weighted by Gasteiger charge is -2.13. The van der Waals surface area contributed by atoms with Gasteiger partial charge in [-0.25, -0.2) is 4.98 Å². The van der Waals surface area contributed by atoms with Crippen molar-refractivity contribution < 1.29 is 4.79 Å². The molecular formula is C18H27Cl2N5O2. The Morgan fingerprint density at radius 1 is 1.33 bits per heavy atom. The Bertz CT molecular complexity index is 768. The molecule has 0 saturated heterocycles. The molecular weight excluding hydrogens is 389 g/mol. The van der Waals surface area contributed by atoms with E-state index < -0.39 is 0 Å². The lowest BCUT2D eigenvalue weighted by molar-refractivity contribution is -0.121. The Morgan fingerprint density at radius 2 is 2.07 bits per heavy atom. The number of aryl methyl sites for hydroxylation is 1. The first-order chi connectivity index (χ1) is 12.0. The predicted molar refractivity (Wildman–Crippen MR) is 112 cm³/mol. The Hall–Kier alpha value is -1.96. The molecule has 0 aliphatic rings. The molecule has 0 unspecified atom stereocenters. The highest BCUT2D eigenvalue weighted by molar-refractivity contribution is 5.85. The SMILES string of the molecule is CCN[C@H](C)CNC(=O)CCc1c(C)nc(-c2cccnc2)[nH]c1=O.Cl.Cl. The van der Waals surface area contributed by atoms with Gasteiger partial charge in [0.25, 0.3) is 5.56 Å². The molecule has 0 aromatic carbocycles. The summed E-state index contributed by atoms with van der Waals surface area (Å²) in [6, 6.07) is 3.85. The topological polar surface area (TPSA) is 99.8 Å². The van der Waals surface area contributed by atoms with Gasteiger partial charge in [0, 0.05) is 48.2 Å². The van der Waals surface area contributed by atoms with Gasteiger partial charge >= 0.3 is 0 Å². The van der Waals surface area contributed by atoms with E-state index in [2.05, 4.69) is 25.6 Å². The van der Waals surface area contributed by atoms with Crippen molar-refractivity contribution in [3.8, 4) is 11.4 Å². The van der Waals surface area contributed by atoms with Crippen molar-refractivity contribution in [2.24, 2.45) is 0 Å². The molecule has 2 heterocycles. The van der Waals surface area contributed by atoms with E-state index in [4.69, 9.17) is 0 Å². The van der Waals surface area contributed by atoms with E-state index in [1.165, 1.54) is 0 Å². The highest BCUT2D eigenvalue weighted by Gasteiger charge is 2.12. The molecule has 1 amide bonds. The van der Waals surface area contributed by atoms with Crippen LogP contribution >= 0.6 is 24.8 Å². The highest BCUT2D eigenvalue weighted by atomic mass is 35.5. The van der Waals surface area contributed by atoms with Crippen molar-refractivity contribution in [3.05, 3.63) is 46.1 Å². The molecule has 9 heteroatoms. The van der Waals surface area contributed by atoms with Gasteiger partial charge in [-0.15, -0.1) is 24.8 Å². The van der Waals surface area contributed by atoms with E-state index in [9.17, 15) is 9.59 Å². The number of aromatic amines is 1. The minimum absolute atomic E-state index is 0. The zero-order valence-electron chi connectivity index (χ0n) is 15.7. The number of nitrogens with zero attached hydrogens (tertiary/aromatic N) is 2. The summed E-state index contributed by atoms with van der Waals surface area (Å²) in [6.45, 7) is 7.26. The van der Waals surface area contributed by atoms with E-state index in [1.54, 1.807) is 25.4 Å². The molecule has 2 aromatic heterocycles. The number of pyridine rings is 1. The van der Waals surface area contributed by atoms with Gasteiger partial charge in [-0.1, -0.05) is 6.92 Å². The van der Waals surface area contributed by atoms with E-state index in [0.29, 0.717) is 30.0 Å². The summed E-state index contributed by atoms with van der Waals surface area (Å²) >= 11 is 0. The number of carbonyl (C=O) groups excluding carboxylic acids is 1. The van der Waals surface area contributed by atoms with Gasteiger partial charge in [0.15, 0.2) is 0 Å². The molecule has 0 bridgehead atoms. The van der Waals surface area contributed by atoms with Gasteiger partial charge in [-0.2, -0.15) is 0 Å². The quantitative estimate of drug-likeness (QED) is 0.612. The number of nitrogens with one attached hydrogen (secondary N) is 3. The van der Waals surface area contributed by atoms with Gasteiger partial charge < -0.3 is 15.6 Å². The number of carbonyl (C=O) groups is 1. The smallest absolute Gasteiger partial charge is 0.254 e. The summed E-state index contributed by atoms with van der Waals surface area (Å²) in [4.78, 5) is 35.5. The molecule has 27 heavy (non-hydrogen) atoms. The van der Waals surface area contributed by atoms with Crippen molar-refractivity contribution in [2.75, 3.05) is 13.1 Å². The van der Waals surface area contributed by atoms with Crippen LogP contribution in [0.25, 0.3) is 11.4 Å². The van der Waals surface area contributed by atoms with Crippen molar-refractivity contribution >= 4 is 30.7 Å². The fourth-order valence-corrected chi connectivity index (χ4v) is 2.56. The molecule has 0 fully saturated rings. The largest absolute Gasteiger partial charge is 0.355 e. The molecule has 150 valence electrons. The third kappa shape index (κ3) is 7.66. The number of hydrogen-bond donors (Lipinski definition) is 3. The van der Waals surface area contributed by atoms with Gasteiger partial charge in [0.2, 0.25) is 5.91 Å². The summed E-state index contributed by atoms with van der Waals surface area (Å²) in [5.41, 5.74) is 1.73. The predicted octanol–water partition coefficient (Wildman–Crippen LogP) is 2.03. The van der Waals surface area contributed by atoms with Crippen molar-refractivity contribution in [3.63, 3.8) is 0 Å². The number of amides is 1. The van der Waals surface area contributed by atoms with Crippen LogP contribution in [0.2, 0.25) is 0 Å². The van der Waals surface area contributed by atoms with Crippen molar-refractivity contribution in [1.82, 2.24) is 25.6 Å². The second-order valence-corrected chi connectivity index (χ2v) is 5.98. The third-order valence-electron chi connectivity index (χ3n) is 3.92. The Morgan fingerprint density at radius 3 is 2.67 bits per heavy atom. The molecule has 2 rings (SSSR count). The molecule has 0 spiro atoms. The van der Waals surface area contributed by atoms with Gasteiger partial charge in [0.1, 0.15) is 5.82 Å². The molecule has 7 nitrogen and oxygen atoms in total. The zero-order valence-corrected chi connectivity index (χ0v) is 17.4. The Labute approximate surface area is 171 Å². The van der Waals surface area contributed by atoms with Crippen LogP contribution < -0.4 is 16.2 Å². The van der Waals surface area contributed by atoms with E-state index >= 15 is 0 Å². The van der Waals surface area contributed by atoms with Crippen LogP contribution in [0.4, 0.5) is 0 Å². The number of halogens is 2. The third-order valence-corrected chi connectivity index (χ3v) is 3.92. The summed E-state index contributed by atoms with van der Waals surface area (Å²) in [5, 5.41) is 6.10.